The van der Waals surface area contributed by atoms with Crippen molar-refractivity contribution in [3.8, 4) is 0 Å². The molecule has 2 heterocycles. The van der Waals surface area contributed by atoms with E-state index in [1.54, 1.807) is 12.6 Å². The van der Waals surface area contributed by atoms with Crippen LogP contribution >= 0.6 is 0 Å². The van der Waals surface area contributed by atoms with Crippen LogP contribution < -0.4 is 0 Å². The Hall–Kier alpha value is -1.55. The van der Waals surface area contributed by atoms with Gasteiger partial charge in [-0.25, -0.2) is 4.98 Å². The first-order valence-electron chi connectivity index (χ1n) is 4.48. The summed E-state index contributed by atoms with van der Waals surface area (Å²) < 4.78 is 7.19. The van der Waals surface area contributed by atoms with Crippen LogP contribution in [0.5, 0.6) is 0 Å². The first-order chi connectivity index (χ1) is 6.81. The molecule has 0 amide bonds. The van der Waals surface area contributed by atoms with Gasteiger partial charge >= 0.3 is 0 Å². The molecule has 0 aliphatic carbocycles. The van der Waals surface area contributed by atoms with Crippen LogP contribution in [0, 0.1) is 0 Å². The van der Waals surface area contributed by atoms with E-state index in [4.69, 9.17) is 9.52 Å². The van der Waals surface area contributed by atoms with Gasteiger partial charge in [0.25, 0.3) is 0 Å². The number of hydrogen-bond acceptors (Lipinski definition) is 3. The van der Waals surface area contributed by atoms with Crippen LogP contribution in [0.1, 0.15) is 24.4 Å². The second-order valence-electron chi connectivity index (χ2n) is 3.16. The molecule has 0 bridgehead atoms. The Morgan fingerprint density at radius 3 is 3.07 bits per heavy atom. The van der Waals surface area contributed by atoms with Gasteiger partial charge in [0.2, 0.25) is 0 Å². The highest BCUT2D eigenvalue weighted by Gasteiger charge is 2.10. The summed E-state index contributed by atoms with van der Waals surface area (Å²) in [5, 5.41) is 8.86. The highest BCUT2D eigenvalue weighted by atomic mass is 16.3. The second-order valence-corrected chi connectivity index (χ2v) is 3.16. The average Bonchev–Trinajstić information content (AvgIpc) is 2.88. The predicted molar refractivity (Wildman–Crippen MR) is 50.7 cm³/mol. The molecule has 0 aliphatic rings. The van der Waals surface area contributed by atoms with Gasteiger partial charge in [0.15, 0.2) is 0 Å². The van der Waals surface area contributed by atoms with Crippen LogP contribution in [0.4, 0.5) is 0 Å². The number of aromatic nitrogens is 2. The van der Waals surface area contributed by atoms with E-state index >= 15 is 0 Å². The van der Waals surface area contributed by atoms with Gasteiger partial charge in [-0.1, -0.05) is 0 Å². The zero-order chi connectivity index (χ0) is 9.97. The first kappa shape index (κ1) is 9.02. The molecule has 1 N–H and O–H groups in total. The lowest BCUT2D eigenvalue weighted by Gasteiger charge is -2.08. The minimum atomic E-state index is -0.0299. The quantitative estimate of drug-likeness (QED) is 0.803. The summed E-state index contributed by atoms with van der Waals surface area (Å²) in [6.45, 7) is 1.99. The molecule has 2 aromatic rings. The third-order valence-corrected chi connectivity index (χ3v) is 2.22. The number of aliphatic hydroxyl groups excluding tert-OH is 1. The number of hydrogen-bond donors (Lipinski definition) is 1. The molecule has 0 spiro atoms. The fourth-order valence-electron chi connectivity index (χ4n) is 1.35. The van der Waals surface area contributed by atoms with Crippen LogP contribution in [-0.4, -0.2) is 14.7 Å². The lowest BCUT2D eigenvalue weighted by Crippen LogP contribution is -2.02. The van der Waals surface area contributed by atoms with Crippen LogP contribution in [0.2, 0.25) is 0 Å². The van der Waals surface area contributed by atoms with Gasteiger partial charge in [-0.15, -0.1) is 0 Å². The molecule has 0 saturated carbocycles. The summed E-state index contributed by atoms with van der Waals surface area (Å²) in [6.07, 6.45) is 5.15. The van der Waals surface area contributed by atoms with E-state index in [-0.39, 0.29) is 12.6 Å². The van der Waals surface area contributed by atoms with E-state index in [1.807, 2.05) is 29.8 Å². The molecule has 2 aromatic heterocycles. The van der Waals surface area contributed by atoms with Gasteiger partial charge in [-0.05, 0) is 19.1 Å². The maximum absolute atomic E-state index is 8.86. The molecule has 0 fully saturated rings. The molecule has 0 aliphatic heterocycles. The highest BCUT2D eigenvalue weighted by Crippen LogP contribution is 2.17. The molecular weight excluding hydrogens is 180 g/mol. The molecule has 14 heavy (non-hydrogen) atoms. The Balaban J connectivity index is 2.23. The van der Waals surface area contributed by atoms with Crippen LogP contribution in [0.25, 0.3) is 0 Å². The molecule has 0 aromatic carbocycles. The van der Waals surface area contributed by atoms with E-state index in [1.165, 1.54) is 0 Å². The van der Waals surface area contributed by atoms with Gasteiger partial charge in [0.1, 0.15) is 5.76 Å². The van der Waals surface area contributed by atoms with Crippen molar-refractivity contribution in [3.05, 3.63) is 42.4 Å². The van der Waals surface area contributed by atoms with E-state index in [0.29, 0.717) is 5.69 Å². The van der Waals surface area contributed by atoms with Crippen LogP contribution in [0.15, 0.2) is 35.3 Å². The molecule has 1 unspecified atom stereocenters. The molecule has 0 saturated heterocycles. The number of rotatable bonds is 3. The van der Waals surface area contributed by atoms with E-state index in [0.717, 1.165) is 5.76 Å². The van der Waals surface area contributed by atoms with Crippen LogP contribution in [0.3, 0.4) is 0 Å². The SMILES string of the molecule is CC(c1ccco1)n1cnc(CO)c1. The standard InChI is InChI=1S/C10H12N2O2/c1-8(10-3-2-4-14-10)12-5-9(6-13)11-7-12/h2-5,7-8,13H,6H2,1H3. The first-order valence-corrected chi connectivity index (χ1v) is 4.48. The molecule has 4 nitrogen and oxygen atoms in total. The Bertz CT molecular complexity index is 392. The lowest BCUT2D eigenvalue weighted by molar-refractivity contribution is 0.277. The van der Waals surface area contributed by atoms with Crippen molar-refractivity contribution in [2.45, 2.75) is 19.6 Å². The van der Waals surface area contributed by atoms with E-state index in [2.05, 4.69) is 4.98 Å². The maximum Gasteiger partial charge on any atom is 0.126 e. The van der Waals surface area contributed by atoms with E-state index < -0.39 is 0 Å². The summed E-state index contributed by atoms with van der Waals surface area (Å²) in [7, 11) is 0. The molecule has 74 valence electrons. The fourth-order valence-corrected chi connectivity index (χ4v) is 1.35. The summed E-state index contributed by atoms with van der Waals surface area (Å²) in [4.78, 5) is 4.04. The Kier molecular flexibility index (Phi) is 2.37. The zero-order valence-electron chi connectivity index (χ0n) is 7.92. The normalized spacial score (nSPS) is 13.0. The van der Waals surface area contributed by atoms with Crippen molar-refractivity contribution >= 4 is 0 Å². The minimum Gasteiger partial charge on any atom is -0.467 e. The highest BCUT2D eigenvalue weighted by molar-refractivity contribution is 5.07. The summed E-state index contributed by atoms with van der Waals surface area (Å²) in [5.74, 6) is 0.881. The molecule has 4 heteroatoms. The van der Waals surface area contributed by atoms with Crippen LogP contribution in [-0.2, 0) is 6.61 Å². The second kappa shape index (κ2) is 3.67. The molecule has 1 atom stereocenters. The number of nitrogens with zero attached hydrogens (tertiary/aromatic N) is 2. The zero-order valence-corrected chi connectivity index (χ0v) is 7.92. The summed E-state index contributed by atoms with van der Waals surface area (Å²) in [6, 6.07) is 3.89. The fraction of sp³-hybridized carbons (Fsp3) is 0.300. The van der Waals surface area contributed by atoms with Crippen molar-refractivity contribution in [2.75, 3.05) is 0 Å². The minimum absolute atomic E-state index is 0.0299. The van der Waals surface area contributed by atoms with Gasteiger partial charge in [-0.2, -0.15) is 0 Å². The topological polar surface area (TPSA) is 51.2 Å². The predicted octanol–water partition coefficient (Wildman–Crippen LogP) is 1.58. The monoisotopic (exact) mass is 192 g/mol. The van der Waals surface area contributed by atoms with Crippen molar-refractivity contribution in [1.29, 1.82) is 0 Å². The van der Waals surface area contributed by atoms with Gasteiger partial charge in [-0.3, -0.25) is 0 Å². The molecule has 2 rings (SSSR count). The number of furan rings is 1. The maximum atomic E-state index is 8.86. The van der Waals surface area contributed by atoms with Crippen molar-refractivity contribution in [1.82, 2.24) is 9.55 Å². The van der Waals surface area contributed by atoms with Gasteiger partial charge in [0, 0.05) is 6.20 Å². The number of aliphatic hydroxyl groups is 1. The smallest absolute Gasteiger partial charge is 0.126 e. The van der Waals surface area contributed by atoms with E-state index in [9.17, 15) is 0 Å². The number of imidazole rings is 1. The third-order valence-electron chi connectivity index (χ3n) is 2.22. The molecular formula is C10H12N2O2. The largest absolute Gasteiger partial charge is 0.467 e. The van der Waals surface area contributed by atoms with Crippen molar-refractivity contribution < 1.29 is 9.52 Å². The summed E-state index contributed by atoms with van der Waals surface area (Å²) in [5.41, 5.74) is 0.670. The van der Waals surface area contributed by atoms with Crippen molar-refractivity contribution in [3.63, 3.8) is 0 Å². The lowest BCUT2D eigenvalue weighted by atomic mass is 10.2. The molecule has 0 radical (unpaired) electrons. The van der Waals surface area contributed by atoms with Gasteiger partial charge < -0.3 is 14.1 Å². The summed E-state index contributed by atoms with van der Waals surface area (Å²) >= 11 is 0. The third kappa shape index (κ3) is 1.56. The average molecular weight is 192 g/mol. The Morgan fingerprint density at radius 2 is 2.50 bits per heavy atom. The van der Waals surface area contributed by atoms with Crippen molar-refractivity contribution in [2.24, 2.45) is 0 Å². The Morgan fingerprint density at radius 1 is 1.64 bits per heavy atom. The van der Waals surface area contributed by atoms with Gasteiger partial charge in [0.05, 0.1) is 30.9 Å². The Labute approximate surface area is 81.8 Å².